The van der Waals surface area contributed by atoms with Crippen molar-refractivity contribution in [3.05, 3.63) is 11.6 Å². The highest BCUT2D eigenvalue weighted by atomic mass is 16.5. The number of carbonyl (C=O) groups excluding carboxylic acids is 3. The molecular weight excluding hydrogens is 596 g/mol. The van der Waals surface area contributed by atoms with Gasteiger partial charge in [-0.2, -0.15) is 0 Å². The lowest BCUT2D eigenvalue weighted by atomic mass is 9.47. The molecule has 7 atom stereocenters. The zero-order chi connectivity index (χ0) is 34.4. The lowest BCUT2D eigenvalue weighted by Gasteiger charge is -2.58. The summed E-state index contributed by atoms with van der Waals surface area (Å²) in [5, 5.41) is 0. The Hall–Kier alpha value is -1.65. The lowest BCUT2D eigenvalue weighted by Crippen LogP contribution is -2.55. The molecule has 3 fully saturated rings. The predicted molar refractivity (Wildman–Crippen MR) is 196 cm³/mol. The number of rotatable bonds is 22. The van der Waals surface area contributed by atoms with E-state index in [0.717, 1.165) is 51.4 Å². The Kier molecular flexibility index (Phi) is 16.0. The van der Waals surface area contributed by atoms with Crippen LogP contribution in [0.2, 0.25) is 0 Å². The van der Waals surface area contributed by atoms with Gasteiger partial charge in [-0.3, -0.25) is 14.4 Å². The summed E-state index contributed by atoms with van der Waals surface area (Å²) in [7, 11) is 0. The summed E-state index contributed by atoms with van der Waals surface area (Å²) >= 11 is 0. The smallest absolute Gasteiger partial charge is 0.306 e. The first-order valence-corrected chi connectivity index (χ1v) is 20.8. The number of fused-ring (bicyclic) bond motifs is 5. The number of hydrogen-bond donors (Lipinski definition) is 0. The molecule has 5 nitrogen and oxygen atoms in total. The molecule has 4 rings (SSSR count). The summed E-state index contributed by atoms with van der Waals surface area (Å²) in [4.78, 5) is 38.1. The van der Waals surface area contributed by atoms with E-state index in [1.165, 1.54) is 122 Å². The Morgan fingerprint density at radius 1 is 0.688 bits per heavy atom. The van der Waals surface area contributed by atoms with Crippen molar-refractivity contribution in [2.75, 3.05) is 0 Å². The van der Waals surface area contributed by atoms with Gasteiger partial charge in [0.05, 0.1) is 0 Å². The van der Waals surface area contributed by atoms with E-state index in [1.807, 2.05) is 0 Å². The predicted octanol–water partition coefficient (Wildman–Crippen LogP) is 11.8. The van der Waals surface area contributed by atoms with Crippen molar-refractivity contribution >= 4 is 17.7 Å². The van der Waals surface area contributed by atoms with Gasteiger partial charge in [-0.1, -0.05) is 142 Å². The van der Waals surface area contributed by atoms with Crippen molar-refractivity contribution in [1.29, 1.82) is 0 Å². The molecule has 0 amide bonds. The van der Waals surface area contributed by atoms with Gasteiger partial charge in [0.2, 0.25) is 0 Å². The second-order valence-electron chi connectivity index (χ2n) is 16.9. The van der Waals surface area contributed by atoms with Crippen molar-refractivity contribution in [3.8, 4) is 0 Å². The van der Waals surface area contributed by atoms with Crippen LogP contribution in [0.5, 0.6) is 0 Å². The van der Waals surface area contributed by atoms with Crippen LogP contribution in [0.1, 0.15) is 201 Å². The molecule has 274 valence electrons. The summed E-state index contributed by atoms with van der Waals surface area (Å²) in [5.41, 5.74) is 1.04. The molecule has 0 aromatic carbocycles. The van der Waals surface area contributed by atoms with Crippen molar-refractivity contribution in [2.24, 2.45) is 28.6 Å². The monoisotopic (exact) mass is 669 g/mol. The van der Waals surface area contributed by atoms with Gasteiger partial charge in [-0.25, -0.2) is 0 Å². The minimum atomic E-state index is -0.282. The van der Waals surface area contributed by atoms with E-state index in [9.17, 15) is 14.4 Å². The van der Waals surface area contributed by atoms with Crippen LogP contribution in [-0.4, -0.2) is 29.9 Å². The molecule has 0 N–H and O–H groups in total. The fourth-order valence-corrected chi connectivity index (χ4v) is 10.4. The number of esters is 2. The van der Waals surface area contributed by atoms with Gasteiger partial charge in [0.15, 0.2) is 0 Å². The van der Waals surface area contributed by atoms with Gasteiger partial charge in [-0.15, -0.1) is 0 Å². The molecular formula is C43H72O5. The summed E-state index contributed by atoms with van der Waals surface area (Å²) in [5.74, 6) is 0.963. The van der Waals surface area contributed by atoms with Gasteiger partial charge < -0.3 is 9.47 Å². The average molecular weight is 669 g/mol. The van der Waals surface area contributed by atoms with Crippen LogP contribution >= 0.6 is 0 Å². The topological polar surface area (TPSA) is 69.7 Å². The van der Waals surface area contributed by atoms with E-state index in [0.29, 0.717) is 24.5 Å². The summed E-state index contributed by atoms with van der Waals surface area (Å²) in [6.45, 7) is 8.34. The fourth-order valence-electron chi connectivity index (χ4n) is 10.4. The Morgan fingerprint density at radius 2 is 1.19 bits per heavy atom. The standard InChI is InChI=1S/C43H72O5/c1-5-6-7-8-9-10-11-12-13-14-15-16-17-18-19-20-21-22-23-24-40(46)48-38-32-34-31-35(47-33(2)44)27-29-42(34,3)37-28-30-43(4)36(41(37)38)25-26-39(43)45/h32,35-38,41H,5-31H2,1-4H3/t35-,36?,37?,38+,41?,42-,43-/m0/s1. The SMILES string of the molecule is CCCCCCCCCCCCCCCCCCCCCC(=O)O[C@@H]1C=C2C[C@@H](OC(C)=O)CC[C@]2(C)C2CC[C@]3(C)C(=O)CCC3C21. The minimum Gasteiger partial charge on any atom is -0.462 e. The Morgan fingerprint density at radius 3 is 1.73 bits per heavy atom. The first kappa shape index (κ1) is 39.1. The molecule has 0 saturated heterocycles. The molecule has 4 aliphatic rings. The van der Waals surface area contributed by atoms with Crippen LogP contribution in [0.3, 0.4) is 0 Å². The third kappa shape index (κ3) is 10.7. The fraction of sp³-hybridized carbons (Fsp3) is 0.884. The summed E-state index contributed by atoms with van der Waals surface area (Å²) in [6.07, 6.45) is 33.9. The van der Waals surface area contributed by atoms with E-state index in [1.54, 1.807) is 0 Å². The molecule has 48 heavy (non-hydrogen) atoms. The molecule has 0 spiro atoms. The van der Waals surface area contributed by atoms with E-state index in [-0.39, 0.29) is 46.8 Å². The maximum atomic E-state index is 13.3. The molecule has 3 saturated carbocycles. The second-order valence-corrected chi connectivity index (χ2v) is 16.9. The van der Waals surface area contributed by atoms with Crippen LogP contribution < -0.4 is 0 Å². The molecule has 0 bridgehead atoms. The summed E-state index contributed by atoms with van der Waals surface area (Å²) in [6, 6.07) is 0. The summed E-state index contributed by atoms with van der Waals surface area (Å²) < 4.78 is 12.0. The van der Waals surface area contributed by atoms with Crippen molar-refractivity contribution in [1.82, 2.24) is 0 Å². The lowest BCUT2D eigenvalue weighted by molar-refractivity contribution is -0.161. The first-order valence-electron chi connectivity index (χ1n) is 20.8. The van der Waals surface area contributed by atoms with Crippen LogP contribution in [0.25, 0.3) is 0 Å². The molecule has 4 aliphatic carbocycles. The molecule has 5 heteroatoms. The van der Waals surface area contributed by atoms with Gasteiger partial charge in [0.1, 0.15) is 18.0 Å². The number of ether oxygens (including phenoxy) is 2. The van der Waals surface area contributed by atoms with Crippen molar-refractivity contribution < 1.29 is 23.9 Å². The molecule has 0 radical (unpaired) electrons. The number of ketones is 1. The van der Waals surface area contributed by atoms with Crippen molar-refractivity contribution in [3.63, 3.8) is 0 Å². The normalized spacial score (nSPS) is 31.0. The van der Waals surface area contributed by atoms with Gasteiger partial charge >= 0.3 is 11.9 Å². The second kappa shape index (κ2) is 19.7. The highest BCUT2D eigenvalue weighted by molar-refractivity contribution is 5.87. The Balaban J connectivity index is 1.12. The molecule has 3 unspecified atom stereocenters. The average Bonchev–Trinajstić information content (AvgIpc) is 3.36. The maximum absolute atomic E-state index is 13.3. The van der Waals surface area contributed by atoms with E-state index >= 15 is 0 Å². The van der Waals surface area contributed by atoms with E-state index in [2.05, 4.69) is 26.8 Å². The van der Waals surface area contributed by atoms with E-state index in [4.69, 9.17) is 9.47 Å². The van der Waals surface area contributed by atoms with Crippen molar-refractivity contribution in [2.45, 2.75) is 213 Å². The van der Waals surface area contributed by atoms with Gasteiger partial charge in [0.25, 0.3) is 0 Å². The zero-order valence-electron chi connectivity index (χ0n) is 31.6. The van der Waals surface area contributed by atoms with Crippen LogP contribution in [0.15, 0.2) is 11.6 Å². The van der Waals surface area contributed by atoms with Gasteiger partial charge in [0, 0.05) is 37.5 Å². The highest BCUT2D eigenvalue weighted by Crippen LogP contribution is 2.64. The first-order chi connectivity index (χ1) is 23.2. The van der Waals surface area contributed by atoms with Crippen LogP contribution in [0.4, 0.5) is 0 Å². The molecule has 0 heterocycles. The minimum absolute atomic E-state index is 0.0180. The molecule has 0 aromatic rings. The molecule has 0 aliphatic heterocycles. The number of hydrogen-bond acceptors (Lipinski definition) is 5. The van der Waals surface area contributed by atoms with Gasteiger partial charge in [-0.05, 0) is 61.9 Å². The number of carbonyl (C=O) groups is 3. The van der Waals surface area contributed by atoms with Crippen LogP contribution in [0, 0.1) is 28.6 Å². The number of unbranched alkanes of at least 4 members (excludes halogenated alkanes) is 18. The maximum Gasteiger partial charge on any atom is 0.306 e. The zero-order valence-corrected chi connectivity index (χ0v) is 31.6. The van der Waals surface area contributed by atoms with Crippen LogP contribution in [-0.2, 0) is 23.9 Å². The quantitative estimate of drug-likeness (QED) is 0.0652. The Bertz CT molecular complexity index is 1050. The highest BCUT2D eigenvalue weighted by Gasteiger charge is 2.61. The van der Waals surface area contributed by atoms with E-state index < -0.39 is 0 Å². The Labute approximate surface area is 294 Å². The number of Topliss-reactive ketones (excluding diaryl/α,β-unsaturated/α-hetero) is 1. The largest absolute Gasteiger partial charge is 0.462 e. The third-order valence-electron chi connectivity index (χ3n) is 13.4. The molecule has 0 aromatic heterocycles. The third-order valence-corrected chi connectivity index (χ3v) is 13.4.